The van der Waals surface area contributed by atoms with E-state index in [1.807, 2.05) is 24.3 Å². The van der Waals surface area contributed by atoms with E-state index in [1.54, 1.807) is 59.5 Å². The summed E-state index contributed by atoms with van der Waals surface area (Å²) in [6, 6.07) is 23.0. The normalized spacial score (nSPS) is 14.6. The molecule has 0 unspecified atom stereocenters. The summed E-state index contributed by atoms with van der Waals surface area (Å²) in [6.45, 7) is 0.106. The second-order valence-electron chi connectivity index (χ2n) is 7.27. The first-order chi connectivity index (χ1) is 15.5. The molecule has 1 aliphatic heterocycles. The van der Waals surface area contributed by atoms with Crippen LogP contribution in [-0.2, 0) is 9.59 Å². The van der Waals surface area contributed by atoms with E-state index in [9.17, 15) is 14.4 Å². The second-order valence-corrected chi connectivity index (χ2v) is 7.27. The minimum atomic E-state index is -0.860. The van der Waals surface area contributed by atoms with Crippen LogP contribution in [-0.4, -0.2) is 36.9 Å². The zero-order valence-corrected chi connectivity index (χ0v) is 17.2. The van der Waals surface area contributed by atoms with Crippen LogP contribution in [0.1, 0.15) is 10.4 Å². The number of hydrogen-bond acceptors (Lipinski definition) is 5. The number of nitrogens with one attached hydrogen (secondary N) is 2. The number of rotatable bonds is 6. The Bertz CT molecular complexity index is 1150. The van der Waals surface area contributed by atoms with Crippen molar-refractivity contribution in [2.45, 2.75) is 6.10 Å². The first-order valence-corrected chi connectivity index (χ1v) is 10.1. The van der Waals surface area contributed by atoms with Gasteiger partial charge in [0.2, 0.25) is 5.91 Å². The van der Waals surface area contributed by atoms with Crippen LogP contribution < -0.4 is 26.0 Å². The molecule has 0 fully saturated rings. The lowest BCUT2D eigenvalue weighted by Gasteiger charge is -2.34. The van der Waals surface area contributed by atoms with Gasteiger partial charge in [-0.15, -0.1) is 0 Å². The fourth-order valence-corrected chi connectivity index (χ4v) is 3.48. The minimum Gasteiger partial charge on any atom is -0.477 e. The maximum Gasteiger partial charge on any atom is 0.260 e. The van der Waals surface area contributed by atoms with E-state index in [-0.39, 0.29) is 24.9 Å². The van der Waals surface area contributed by atoms with E-state index >= 15 is 0 Å². The maximum atomic E-state index is 12.9. The molecule has 0 radical (unpaired) electrons. The van der Waals surface area contributed by atoms with Crippen LogP contribution in [0.15, 0.2) is 78.9 Å². The van der Waals surface area contributed by atoms with Gasteiger partial charge in [-0.05, 0) is 36.4 Å². The van der Waals surface area contributed by atoms with Crippen molar-refractivity contribution < 1.29 is 19.1 Å². The molecule has 4 N–H and O–H groups in total. The summed E-state index contributed by atoms with van der Waals surface area (Å²) < 4.78 is 5.63. The molecule has 3 aromatic carbocycles. The topological polar surface area (TPSA) is 114 Å². The van der Waals surface area contributed by atoms with E-state index in [2.05, 4.69) is 10.6 Å². The van der Waals surface area contributed by atoms with Crippen LogP contribution in [0.2, 0.25) is 0 Å². The minimum absolute atomic E-state index is 0.0429. The highest BCUT2D eigenvalue weighted by molar-refractivity contribution is 6.10. The largest absolute Gasteiger partial charge is 0.477 e. The number of anilines is 3. The monoisotopic (exact) mass is 430 g/mol. The Kier molecular flexibility index (Phi) is 6.03. The van der Waals surface area contributed by atoms with Gasteiger partial charge in [-0.3, -0.25) is 14.4 Å². The fraction of sp³-hybridized carbons (Fsp3) is 0.125. The van der Waals surface area contributed by atoms with E-state index < -0.39 is 12.0 Å². The van der Waals surface area contributed by atoms with Gasteiger partial charge in [0.15, 0.2) is 6.10 Å². The first kappa shape index (κ1) is 20.9. The number of benzene rings is 3. The van der Waals surface area contributed by atoms with Crippen LogP contribution in [0.3, 0.4) is 0 Å². The predicted molar refractivity (Wildman–Crippen MR) is 122 cm³/mol. The number of hydrogen-bond donors (Lipinski definition) is 3. The third kappa shape index (κ3) is 4.70. The van der Waals surface area contributed by atoms with Crippen LogP contribution in [0.5, 0.6) is 5.75 Å². The molecule has 3 amide bonds. The Hall–Kier alpha value is -4.33. The number of para-hydroxylation sites is 4. The highest BCUT2D eigenvalue weighted by atomic mass is 16.5. The lowest BCUT2D eigenvalue weighted by molar-refractivity contribution is -0.125. The molecule has 162 valence electrons. The number of amides is 3. The van der Waals surface area contributed by atoms with Crippen LogP contribution in [0.25, 0.3) is 0 Å². The van der Waals surface area contributed by atoms with Gasteiger partial charge < -0.3 is 26.0 Å². The molecule has 1 heterocycles. The van der Waals surface area contributed by atoms with Gasteiger partial charge in [-0.25, -0.2) is 0 Å². The van der Waals surface area contributed by atoms with E-state index in [4.69, 9.17) is 10.5 Å². The molecule has 8 heteroatoms. The molecule has 4 rings (SSSR count). The molecular weight excluding hydrogens is 408 g/mol. The Morgan fingerprint density at radius 2 is 1.59 bits per heavy atom. The highest BCUT2D eigenvalue weighted by Crippen LogP contribution is 2.32. The Balaban J connectivity index is 1.49. The molecule has 32 heavy (non-hydrogen) atoms. The number of primary amides is 1. The SMILES string of the molecule is NC(=O)[C@H]1CN(CC(=O)Nc2ccccc2C(=O)Nc2ccccc2)c2ccccc2O1. The van der Waals surface area contributed by atoms with Crippen molar-refractivity contribution in [3.05, 3.63) is 84.4 Å². The smallest absolute Gasteiger partial charge is 0.260 e. The van der Waals surface area contributed by atoms with Gasteiger partial charge in [0.1, 0.15) is 5.75 Å². The summed E-state index contributed by atoms with van der Waals surface area (Å²) in [5.74, 6) is -0.798. The highest BCUT2D eigenvalue weighted by Gasteiger charge is 2.30. The van der Waals surface area contributed by atoms with Crippen molar-refractivity contribution in [3.8, 4) is 5.75 Å². The molecular formula is C24H22N4O4. The van der Waals surface area contributed by atoms with Gasteiger partial charge in [-0.1, -0.05) is 42.5 Å². The zero-order chi connectivity index (χ0) is 22.5. The Morgan fingerprint density at radius 3 is 2.38 bits per heavy atom. The van der Waals surface area contributed by atoms with Crippen molar-refractivity contribution in [2.24, 2.45) is 5.73 Å². The third-order valence-electron chi connectivity index (χ3n) is 4.99. The van der Waals surface area contributed by atoms with E-state index in [1.165, 1.54) is 0 Å². The van der Waals surface area contributed by atoms with Crippen LogP contribution in [0.4, 0.5) is 17.1 Å². The summed E-state index contributed by atoms with van der Waals surface area (Å²) in [4.78, 5) is 39.0. The zero-order valence-electron chi connectivity index (χ0n) is 17.2. The number of ether oxygens (including phenoxy) is 1. The van der Waals surface area contributed by atoms with Gasteiger partial charge in [-0.2, -0.15) is 0 Å². The summed E-state index contributed by atoms with van der Waals surface area (Å²) in [5.41, 5.74) is 7.49. The molecule has 0 aromatic heterocycles. The maximum absolute atomic E-state index is 12.9. The standard InChI is InChI=1S/C24H22N4O4/c25-23(30)21-14-28(19-12-6-7-13-20(19)32-21)15-22(29)27-18-11-5-4-10-17(18)24(31)26-16-8-2-1-3-9-16/h1-13,21H,14-15H2,(H2,25,30)(H,26,31)(H,27,29)/t21-/m1/s1. The molecule has 0 spiro atoms. The average molecular weight is 430 g/mol. The predicted octanol–water partition coefficient (Wildman–Crippen LogP) is 2.63. The number of nitrogens with zero attached hydrogens (tertiary/aromatic N) is 1. The van der Waals surface area contributed by atoms with Crippen molar-refractivity contribution in [2.75, 3.05) is 28.6 Å². The summed E-state index contributed by atoms with van der Waals surface area (Å²) in [6.07, 6.45) is -0.860. The third-order valence-corrected chi connectivity index (χ3v) is 4.99. The number of nitrogens with two attached hydrogens (primary N) is 1. The van der Waals surface area contributed by atoms with Crippen molar-refractivity contribution in [1.29, 1.82) is 0 Å². The van der Waals surface area contributed by atoms with Gasteiger partial charge in [0, 0.05) is 5.69 Å². The second kappa shape index (κ2) is 9.22. The van der Waals surface area contributed by atoms with Gasteiger partial charge in [0.05, 0.1) is 30.0 Å². The number of carbonyl (C=O) groups is 3. The van der Waals surface area contributed by atoms with E-state index in [0.29, 0.717) is 28.4 Å². The van der Waals surface area contributed by atoms with Crippen molar-refractivity contribution in [3.63, 3.8) is 0 Å². The number of carbonyl (C=O) groups excluding carboxylic acids is 3. The van der Waals surface area contributed by atoms with Crippen molar-refractivity contribution in [1.82, 2.24) is 0 Å². The summed E-state index contributed by atoms with van der Waals surface area (Å²) in [7, 11) is 0. The molecule has 0 aliphatic carbocycles. The molecule has 0 saturated heterocycles. The lowest BCUT2D eigenvalue weighted by atomic mass is 10.1. The molecule has 0 saturated carbocycles. The van der Waals surface area contributed by atoms with Gasteiger partial charge in [0.25, 0.3) is 11.8 Å². The average Bonchev–Trinajstić information content (AvgIpc) is 2.80. The van der Waals surface area contributed by atoms with Crippen molar-refractivity contribution >= 4 is 34.8 Å². The fourth-order valence-electron chi connectivity index (χ4n) is 3.48. The first-order valence-electron chi connectivity index (χ1n) is 10.1. The lowest BCUT2D eigenvalue weighted by Crippen LogP contribution is -2.49. The summed E-state index contributed by atoms with van der Waals surface area (Å²) >= 11 is 0. The molecule has 0 bridgehead atoms. The van der Waals surface area contributed by atoms with Gasteiger partial charge >= 0.3 is 0 Å². The molecule has 8 nitrogen and oxygen atoms in total. The quantitative estimate of drug-likeness (QED) is 0.556. The number of fused-ring (bicyclic) bond motifs is 1. The Morgan fingerprint density at radius 1 is 0.906 bits per heavy atom. The Labute approximate surface area is 185 Å². The van der Waals surface area contributed by atoms with Crippen LogP contribution >= 0.6 is 0 Å². The van der Waals surface area contributed by atoms with E-state index in [0.717, 1.165) is 0 Å². The summed E-state index contributed by atoms with van der Waals surface area (Å²) in [5, 5.41) is 5.62. The molecule has 1 aliphatic rings. The molecule has 3 aromatic rings. The van der Waals surface area contributed by atoms with Crippen LogP contribution in [0, 0.1) is 0 Å². The molecule has 1 atom stereocenters.